The summed E-state index contributed by atoms with van der Waals surface area (Å²) in [7, 11) is 1.45. The van der Waals surface area contributed by atoms with Crippen LogP contribution in [0.25, 0.3) is 11.3 Å². The van der Waals surface area contributed by atoms with Gasteiger partial charge in [0.05, 0.1) is 24.6 Å². The fourth-order valence-electron chi connectivity index (χ4n) is 4.23. The number of ether oxygens (including phenoxy) is 1. The van der Waals surface area contributed by atoms with Crippen LogP contribution in [-0.2, 0) is 0 Å². The molecule has 1 atom stereocenters. The molecule has 0 bridgehead atoms. The first-order valence-corrected chi connectivity index (χ1v) is 12.7. The standard InChI is InChI=1S/C27H22Cl2FN3OS.BrH/c1-15-4-5-16(2)20(10-15)24-14-35-27(31-24)33-25(19-8-7-18(28)12-21(19)29)13-23(32-33)17-6-9-26(34-3)22(30)11-17;/h4-12,14,25H,13H2,1-3H3;1H. The summed E-state index contributed by atoms with van der Waals surface area (Å²) in [6, 6.07) is 16.5. The Morgan fingerprint density at radius 2 is 1.86 bits per heavy atom. The third-order valence-corrected chi connectivity index (χ3v) is 7.47. The van der Waals surface area contributed by atoms with Gasteiger partial charge in [0.25, 0.3) is 0 Å². The van der Waals surface area contributed by atoms with E-state index >= 15 is 0 Å². The molecule has 0 fully saturated rings. The van der Waals surface area contributed by atoms with E-state index in [0.29, 0.717) is 22.0 Å². The second-order valence-corrected chi connectivity index (χ2v) is 10.1. The topological polar surface area (TPSA) is 37.7 Å². The first-order chi connectivity index (χ1) is 16.8. The van der Waals surface area contributed by atoms with Crippen LogP contribution in [0, 0.1) is 19.7 Å². The molecule has 5 rings (SSSR count). The van der Waals surface area contributed by atoms with Gasteiger partial charge in [-0.3, -0.25) is 0 Å². The molecule has 0 spiro atoms. The monoisotopic (exact) mass is 605 g/mol. The average Bonchev–Trinajstić information content (AvgIpc) is 3.48. The Hall–Kier alpha value is -2.45. The average molecular weight is 607 g/mol. The van der Waals surface area contributed by atoms with E-state index in [2.05, 4.69) is 32.0 Å². The molecule has 2 heterocycles. The van der Waals surface area contributed by atoms with Gasteiger partial charge in [0.15, 0.2) is 11.6 Å². The molecule has 1 aliphatic heterocycles. The fraction of sp³-hybridized carbons (Fsp3) is 0.185. The number of thiazole rings is 1. The molecule has 4 nitrogen and oxygen atoms in total. The molecule has 4 aromatic rings. The Labute approximate surface area is 234 Å². The quantitative estimate of drug-likeness (QED) is 0.228. The van der Waals surface area contributed by atoms with Crippen molar-refractivity contribution in [3.8, 4) is 17.0 Å². The summed E-state index contributed by atoms with van der Waals surface area (Å²) in [6.07, 6.45) is 0.533. The smallest absolute Gasteiger partial charge is 0.207 e. The second kappa shape index (κ2) is 10.9. The molecule has 186 valence electrons. The maximum atomic E-state index is 14.5. The molecule has 0 aliphatic carbocycles. The van der Waals surface area contributed by atoms with Crippen LogP contribution in [0.2, 0.25) is 10.0 Å². The largest absolute Gasteiger partial charge is 0.494 e. The minimum Gasteiger partial charge on any atom is -0.494 e. The number of benzene rings is 3. The molecular weight excluding hydrogens is 584 g/mol. The zero-order valence-electron chi connectivity index (χ0n) is 19.8. The molecule has 0 amide bonds. The highest BCUT2D eigenvalue weighted by molar-refractivity contribution is 8.93. The van der Waals surface area contributed by atoms with E-state index in [1.807, 2.05) is 28.6 Å². The number of hydrazone groups is 1. The van der Waals surface area contributed by atoms with Crippen LogP contribution in [0.15, 0.2) is 65.1 Å². The van der Waals surface area contributed by atoms with Gasteiger partial charge < -0.3 is 4.74 Å². The van der Waals surface area contributed by atoms with Crippen molar-refractivity contribution in [3.05, 3.63) is 98.1 Å². The number of nitrogens with zero attached hydrogens (tertiary/aromatic N) is 3. The lowest BCUT2D eigenvalue weighted by Crippen LogP contribution is -2.18. The van der Waals surface area contributed by atoms with Crippen molar-refractivity contribution in [2.24, 2.45) is 5.10 Å². The molecule has 3 aromatic carbocycles. The van der Waals surface area contributed by atoms with Gasteiger partial charge in [-0.15, -0.1) is 28.3 Å². The van der Waals surface area contributed by atoms with E-state index in [1.54, 1.807) is 12.1 Å². The third-order valence-electron chi connectivity index (χ3n) is 6.07. The highest BCUT2D eigenvalue weighted by Gasteiger charge is 2.33. The van der Waals surface area contributed by atoms with Crippen molar-refractivity contribution < 1.29 is 9.13 Å². The number of halogens is 4. The van der Waals surface area contributed by atoms with Crippen LogP contribution in [0.5, 0.6) is 5.75 Å². The Balaban J connectivity index is 0.00000304. The van der Waals surface area contributed by atoms with Gasteiger partial charge in [0.1, 0.15) is 0 Å². The predicted molar refractivity (Wildman–Crippen MR) is 153 cm³/mol. The first kappa shape index (κ1) is 26.6. The normalized spacial score (nSPS) is 15.0. The molecule has 36 heavy (non-hydrogen) atoms. The fourth-order valence-corrected chi connectivity index (χ4v) is 5.58. The molecule has 0 saturated carbocycles. The highest BCUT2D eigenvalue weighted by atomic mass is 79.9. The van der Waals surface area contributed by atoms with Crippen molar-refractivity contribution >= 4 is 62.4 Å². The lowest BCUT2D eigenvalue weighted by Gasteiger charge is -2.22. The molecule has 1 aromatic heterocycles. The zero-order chi connectivity index (χ0) is 24.7. The molecular formula is C27H23BrCl2FN3OS. The number of aromatic nitrogens is 1. The van der Waals surface area contributed by atoms with Crippen LogP contribution in [0.1, 0.15) is 34.7 Å². The lowest BCUT2D eigenvalue weighted by molar-refractivity contribution is 0.386. The summed E-state index contributed by atoms with van der Waals surface area (Å²) in [5, 5.41) is 10.7. The lowest BCUT2D eigenvalue weighted by atomic mass is 9.98. The van der Waals surface area contributed by atoms with Crippen LogP contribution >= 0.6 is 51.5 Å². The Bertz CT molecular complexity index is 1460. The van der Waals surface area contributed by atoms with E-state index in [4.69, 9.17) is 38.0 Å². The number of anilines is 1. The van der Waals surface area contributed by atoms with Gasteiger partial charge >= 0.3 is 0 Å². The highest BCUT2D eigenvalue weighted by Crippen LogP contribution is 2.42. The zero-order valence-corrected chi connectivity index (χ0v) is 23.8. The van der Waals surface area contributed by atoms with Crippen molar-refractivity contribution in [1.29, 1.82) is 0 Å². The maximum absolute atomic E-state index is 14.5. The summed E-state index contributed by atoms with van der Waals surface area (Å²) in [6.45, 7) is 4.15. The Morgan fingerprint density at radius 3 is 2.58 bits per heavy atom. The van der Waals surface area contributed by atoms with Gasteiger partial charge in [0.2, 0.25) is 5.13 Å². The van der Waals surface area contributed by atoms with Gasteiger partial charge in [-0.05, 0) is 61.4 Å². The van der Waals surface area contributed by atoms with Gasteiger partial charge in [-0.25, -0.2) is 14.4 Å². The van der Waals surface area contributed by atoms with E-state index in [-0.39, 0.29) is 28.8 Å². The third kappa shape index (κ3) is 5.16. The van der Waals surface area contributed by atoms with E-state index in [1.165, 1.54) is 30.1 Å². The van der Waals surface area contributed by atoms with Gasteiger partial charge in [-0.1, -0.05) is 47.0 Å². The molecule has 1 aliphatic rings. The number of rotatable bonds is 5. The SMILES string of the molecule is Br.COc1ccc(C2=NN(c3nc(-c4cc(C)ccc4C)cs3)C(c3ccc(Cl)cc3Cl)C2)cc1F. The van der Waals surface area contributed by atoms with Crippen molar-refractivity contribution in [3.63, 3.8) is 0 Å². The van der Waals surface area contributed by atoms with E-state index in [9.17, 15) is 4.39 Å². The van der Waals surface area contributed by atoms with Crippen LogP contribution in [-0.4, -0.2) is 17.8 Å². The first-order valence-electron chi connectivity index (χ1n) is 11.0. The molecule has 9 heteroatoms. The summed E-state index contributed by atoms with van der Waals surface area (Å²) in [5.74, 6) is -0.238. The molecule has 1 unspecified atom stereocenters. The Morgan fingerprint density at radius 1 is 1.06 bits per heavy atom. The van der Waals surface area contributed by atoms with Crippen molar-refractivity contribution in [2.75, 3.05) is 12.1 Å². The number of aryl methyl sites for hydroxylation is 2. The Kier molecular flexibility index (Phi) is 8.05. The predicted octanol–water partition coefficient (Wildman–Crippen LogP) is 8.82. The van der Waals surface area contributed by atoms with Crippen LogP contribution in [0.4, 0.5) is 9.52 Å². The second-order valence-electron chi connectivity index (χ2n) is 8.46. The maximum Gasteiger partial charge on any atom is 0.207 e. The number of methoxy groups -OCH3 is 1. The minimum absolute atomic E-state index is 0. The summed E-state index contributed by atoms with van der Waals surface area (Å²) in [4.78, 5) is 4.93. The van der Waals surface area contributed by atoms with E-state index in [0.717, 1.165) is 33.2 Å². The van der Waals surface area contributed by atoms with Gasteiger partial charge in [-0.2, -0.15) is 5.10 Å². The minimum atomic E-state index is -0.432. The molecule has 0 radical (unpaired) electrons. The summed E-state index contributed by atoms with van der Waals surface area (Å²) < 4.78 is 19.5. The summed E-state index contributed by atoms with van der Waals surface area (Å²) in [5.41, 5.74) is 6.63. The van der Waals surface area contributed by atoms with Gasteiger partial charge in [0, 0.05) is 33.0 Å². The van der Waals surface area contributed by atoms with Crippen LogP contribution in [0.3, 0.4) is 0 Å². The van der Waals surface area contributed by atoms with Crippen molar-refractivity contribution in [2.45, 2.75) is 26.3 Å². The van der Waals surface area contributed by atoms with Crippen LogP contribution < -0.4 is 9.75 Å². The summed E-state index contributed by atoms with van der Waals surface area (Å²) >= 11 is 14.3. The molecule has 0 N–H and O–H groups in total. The number of hydrogen-bond acceptors (Lipinski definition) is 5. The number of hydrogen-bond donors (Lipinski definition) is 0. The van der Waals surface area contributed by atoms with Crippen molar-refractivity contribution in [1.82, 2.24) is 4.98 Å². The van der Waals surface area contributed by atoms with E-state index < -0.39 is 5.82 Å². The molecule has 0 saturated heterocycles.